The third-order valence-corrected chi connectivity index (χ3v) is 3.72. The van der Waals surface area contributed by atoms with E-state index < -0.39 is 12.1 Å². The molecule has 5 heteroatoms. The molecule has 0 aliphatic heterocycles. The molecule has 1 saturated carbocycles. The van der Waals surface area contributed by atoms with Crippen LogP contribution in [0.15, 0.2) is 24.3 Å². The van der Waals surface area contributed by atoms with Crippen molar-refractivity contribution < 1.29 is 19.7 Å². The van der Waals surface area contributed by atoms with Crippen molar-refractivity contribution >= 4 is 16.9 Å². The molecule has 0 amide bonds. The molecule has 1 aromatic heterocycles. The maximum absolute atomic E-state index is 11.5. The molecule has 0 saturated heterocycles. The Hall–Kier alpha value is -2.01. The van der Waals surface area contributed by atoms with Gasteiger partial charge in [0.15, 0.2) is 0 Å². The van der Waals surface area contributed by atoms with E-state index in [1.165, 1.54) is 0 Å². The number of ether oxygens (including phenoxy) is 1. The summed E-state index contributed by atoms with van der Waals surface area (Å²) in [6, 6.07) is 7.24. The fourth-order valence-corrected chi connectivity index (χ4v) is 2.54. The van der Waals surface area contributed by atoms with Gasteiger partial charge in [-0.05, 0) is 37.8 Å². The molecule has 0 bridgehead atoms. The number of aliphatic hydroxyl groups excluding tert-OH is 1. The Morgan fingerprint density at radius 2 is 2.24 bits per heavy atom. The van der Waals surface area contributed by atoms with Crippen LogP contribution in [0.5, 0.6) is 5.75 Å². The summed E-state index contributed by atoms with van der Waals surface area (Å²) in [6.45, 7) is 2.56. The van der Waals surface area contributed by atoms with E-state index in [2.05, 4.69) is 0 Å². The fourth-order valence-electron chi connectivity index (χ4n) is 2.54. The number of rotatable bonds is 6. The number of para-hydroxylation sites is 1. The highest BCUT2D eigenvalue weighted by molar-refractivity contribution is 5.96. The number of hydrogen-bond donors (Lipinski definition) is 2. The van der Waals surface area contributed by atoms with Crippen molar-refractivity contribution in [2.24, 2.45) is 5.92 Å². The van der Waals surface area contributed by atoms with Crippen LogP contribution in [0.1, 0.15) is 30.3 Å². The fraction of sp³-hybridized carbons (Fsp3) is 0.438. The van der Waals surface area contributed by atoms with Crippen molar-refractivity contribution in [2.75, 3.05) is 6.61 Å². The molecule has 2 aromatic rings. The van der Waals surface area contributed by atoms with Crippen molar-refractivity contribution in [3.63, 3.8) is 0 Å². The Labute approximate surface area is 122 Å². The third-order valence-electron chi connectivity index (χ3n) is 3.72. The van der Waals surface area contributed by atoms with Gasteiger partial charge in [0.2, 0.25) is 0 Å². The molecule has 1 atom stereocenters. The first-order valence-electron chi connectivity index (χ1n) is 7.22. The summed E-state index contributed by atoms with van der Waals surface area (Å²) in [4.78, 5) is 11.5. The van der Waals surface area contributed by atoms with Crippen LogP contribution in [0.25, 0.3) is 10.9 Å². The van der Waals surface area contributed by atoms with Gasteiger partial charge in [0.1, 0.15) is 18.1 Å². The topological polar surface area (TPSA) is 71.7 Å². The molecule has 112 valence electrons. The molecule has 1 fully saturated rings. The highest BCUT2D eigenvalue weighted by Gasteiger charge is 2.26. The first kappa shape index (κ1) is 13.9. The second-order valence-electron chi connectivity index (χ2n) is 5.74. The molecule has 1 heterocycles. The van der Waals surface area contributed by atoms with Crippen molar-refractivity contribution in [3.05, 3.63) is 30.0 Å². The zero-order valence-corrected chi connectivity index (χ0v) is 12.0. The number of carboxylic acids is 1. The number of aromatic nitrogens is 1. The van der Waals surface area contributed by atoms with Gasteiger partial charge in [-0.25, -0.2) is 4.79 Å². The number of benzene rings is 1. The highest BCUT2D eigenvalue weighted by Crippen LogP contribution is 2.35. The summed E-state index contributed by atoms with van der Waals surface area (Å²) in [5, 5.41) is 19.6. The predicted molar refractivity (Wildman–Crippen MR) is 78.8 cm³/mol. The van der Waals surface area contributed by atoms with Crippen LogP contribution in [-0.4, -0.2) is 33.5 Å². The lowest BCUT2D eigenvalue weighted by atomic mass is 10.2. The van der Waals surface area contributed by atoms with Crippen molar-refractivity contribution in [1.29, 1.82) is 0 Å². The normalized spacial score (nSPS) is 16.1. The predicted octanol–water partition coefficient (Wildman–Crippen LogP) is 2.51. The Balaban J connectivity index is 2.07. The van der Waals surface area contributed by atoms with E-state index in [4.69, 9.17) is 4.74 Å². The summed E-state index contributed by atoms with van der Waals surface area (Å²) in [5.41, 5.74) is 1.10. The van der Waals surface area contributed by atoms with Gasteiger partial charge in [0.05, 0.1) is 11.6 Å². The summed E-state index contributed by atoms with van der Waals surface area (Å²) in [5.74, 6) is 0.262. The van der Waals surface area contributed by atoms with Gasteiger partial charge in [-0.1, -0.05) is 12.1 Å². The Kier molecular flexibility index (Phi) is 3.59. The molecule has 1 aliphatic carbocycles. The van der Waals surface area contributed by atoms with Crippen LogP contribution >= 0.6 is 0 Å². The van der Waals surface area contributed by atoms with Crippen LogP contribution in [0.4, 0.5) is 0 Å². The SMILES string of the molecule is C[C@H](O)COc1cccc2cc(C(=O)O)n(CC3CC3)c12. The second kappa shape index (κ2) is 5.41. The largest absolute Gasteiger partial charge is 0.489 e. The minimum Gasteiger partial charge on any atom is -0.489 e. The highest BCUT2D eigenvalue weighted by atomic mass is 16.5. The smallest absolute Gasteiger partial charge is 0.352 e. The summed E-state index contributed by atoms with van der Waals surface area (Å²) >= 11 is 0. The standard InChI is InChI=1S/C16H19NO4/c1-10(18)9-21-14-4-2-3-12-7-13(16(19)20)17(15(12)14)8-11-5-6-11/h2-4,7,10-11,18H,5-6,8-9H2,1H3,(H,19,20)/t10-/m0/s1. The summed E-state index contributed by atoms with van der Waals surface area (Å²) in [6.07, 6.45) is 1.73. The van der Waals surface area contributed by atoms with Gasteiger partial charge in [0.25, 0.3) is 0 Å². The maximum atomic E-state index is 11.5. The molecule has 5 nitrogen and oxygen atoms in total. The van der Waals surface area contributed by atoms with E-state index in [0.29, 0.717) is 23.9 Å². The lowest BCUT2D eigenvalue weighted by Gasteiger charge is -2.13. The number of aromatic carboxylic acids is 1. The van der Waals surface area contributed by atoms with E-state index in [0.717, 1.165) is 23.7 Å². The Morgan fingerprint density at radius 3 is 2.86 bits per heavy atom. The third kappa shape index (κ3) is 2.88. The van der Waals surface area contributed by atoms with Crippen molar-refractivity contribution in [2.45, 2.75) is 32.4 Å². The van der Waals surface area contributed by atoms with Crippen LogP contribution in [0.2, 0.25) is 0 Å². The number of aliphatic hydroxyl groups is 1. The van der Waals surface area contributed by atoms with Crippen molar-refractivity contribution in [3.8, 4) is 5.75 Å². The number of fused-ring (bicyclic) bond motifs is 1. The van der Waals surface area contributed by atoms with Gasteiger partial charge >= 0.3 is 5.97 Å². The van der Waals surface area contributed by atoms with Gasteiger partial charge in [-0.3, -0.25) is 0 Å². The van der Waals surface area contributed by atoms with E-state index in [1.54, 1.807) is 13.0 Å². The minimum absolute atomic E-state index is 0.191. The van der Waals surface area contributed by atoms with Gasteiger partial charge in [-0.15, -0.1) is 0 Å². The maximum Gasteiger partial charge on any atom is 0.352 e. The van der Waals surface area contributed by atoms with Crippen molar-refractivity contribution in [1.82, 2.24) is 4.57 Å². The van der Waals surface area contributed by atoms with Gasteiger partial charge in [0, 0.05) is 11.9 Å². The molecule has 0 radical (unpaired) electrons. The van der Waals surface area contributed by atoms with E-state index in [1.807, 2.05) is 22.8 Å². The number of hydrogen-bond acceptors (Lipinski definition) is 3. The lowest BCUT2D eigenvalue weighted by Crippen LogP contribution is -2.14. The molecule has 0 unspecified atom stereocenters. The molecule has 2 N–H and O–H groups in total. The lowest BCUT2D eigenvalue weighted by molar-refractivity contribution is 0.0685. The van der Waals surface area contributed by atoms with Crippen LogP contribution in [-0.2, 0) is 6.54 Å². The zero-order valence-electron chi connectivity index (χ0n) is 12.0. The van der Waals surface area contributed by atoms with Crippen LogP contribution in [0, 0.1) is 5.92 Å². The zero-order chi connectivity index (χ0) is 15.0. The molecular formula is C16H19NO4. The van der Waals surface area contributed by atoms with Crippen LogP contribution in [0.3, 0.4) is 0 Å². The Bertz CT molecular complexity index is 670. The summed E-state index contributed by atoms with van der Waals surface area (Å²) < 4.78 is 7.49. The molecule has 21 heavy (non-hydrogen) atoms. The Morgan fingerprint density at radius 1 is 1.48 bits per heavy atom. The number of carbonyl (C=O) groups is 1. The average Bonchev–Trinajstić information content (AvgIpc) is 3.16. The van der Waals surface area contributed by atoms with Gasteiger partial charge in [-0.2, -0.15) is 0 Å². The summed E-state index contributed by atoms with van der Waals surface area (Å²) in [7, 11) is 0. The van der Waals surface area contributed by atoms with E-state index in [-0.39, 0.29) is 6.61 Å². The number of nitrogens with zero attached hydrogens (tertiary/aromatic N) is 1. The molecule has 1 aliphatic rings. The average molecular weight is 289 g/mol. The van der Waals surface area contributed by atoms with Crippen LogP contribution < -0.4 is 4.74 Å². The van der Waals surface area contributed by atoms with E-state index in [9.17, 15) is 15.0 Å². The first-order chi connectivity index (χ1) is 10.1. The monoisotopic (exact) mass is 289 g/mol. The number of carboxylic acid groups (broad SMARTS) is 1. The minimum atomic E-state index is -0.923. The molecule has 0 spiro atoms. The van der Waals surface area contributed by atoms with Gasteiger partial charge < -0.3 is 19.5 Å². The quantitative estimate of drug-likeness (QED) is 0.857. The molecular weight excluding hydrogens is 270 g/mol. The second-order valence-corrected chi connectivity index (χ2v) is 5.74. The van der Waals surface area contributed by atoms with E-state index >= 15 is 0 Å². The molecule has 3 rings (SSSR count). The molecule has 1 aromatic carbocycles. The first-order valence-corrected chi connectivity index (χ1v) is 7.22.